The molecule has 1 aromatic carbocycles. The first-order valence-corrected chi connectivity index (χ1v) is 8.63. The zero-order valence-electron chi connectivity index (χ0n) is 13.3. The molecule has 23 heavy (non-hydrogen) atoms. The van der Waals surface area contributed by atoms with Crippen molar-refractivity contribution in [2.45, 2.75) is 39.2 Å². The zero-order chi connectivity index (χ0) is 16.6. The molecular formula is C18H20Cl2N2O. The maximum Gasteiger partial charge on any atom is 0.253 e. The smallest absolute Gasteiger partial charge is 0.253 e. The Morgan fingerprint density at radius 3 is 2.65 bits per heavy atom. The van der Waals surface area contributed by atoms with Crippen molar-refractivity contribution < 1.29 is 4.79 Å². The van der Waals surface area contributed by atoms with Gasteiger partial charge in [0.15, 0.2) is 0 Å². The number of carbonyl (C=O) groups excluding carboxylic acids is 1. The van der Waals surface area contributed by atoms with E-state index in [2.05, 4.69) is 16.8 Å². The van der Waals surface area contributed by atoms with Crippen molar-refractivity contribution in [2.24, 2.45) is 0 Å². The lowest BCUT2D eigenvalue weighted by atomic mass is 10.1. The summed E-state index contributed by atoms with van der Waals surface area (Å²) in [4.78, 5) is 12.4. The first-order valence-electron chi connectivity index (χ1n) is 7.88. The van der Waals surface area contributed by atoms with Gasteiger partial charge in [0.2, 0.25) is 0 Å². The summed E-state index contributed by atoms with van der Waals surface area (Å²) in [5.74, 6) is -0.0184. The third-order valence-corrected chi connectivity index (χ3v) is 4.92. The number of carbonyl (C=O) groups is 1. The minimum absolute atomic E-state index is 0.0184. The van der Waals surface area contributed by atoms with Gasteiger partial charge in [-0.15, -0.1) is 0 Å². The SMILES string of the molecule is Cc1cc(C(=O)NCCc2ccc(Cl)cc2Cl)c(C)n1C1CC1. The second kappa shape index (κ2) is 6.58. The molecule has 2 aromatic rings. The van der Waals surface area contributed by atoms with Gasteiger partial charge < -0.3 is 9.88 Å². The van der Waals surface area contributed by atoms with Gasteiger partial charge >= 0.3 is 0 Å². The van der Waals surface area contributed by atoms with E-state index in [1.54, 1.807) is 6.07 Å². The Morgan fingerprint density at radius 1 is 1.26 bits per heavy atom. The van der Waals surface area contributed by atoms with E-state index in [1.807, 2.05) is 25.1 Å². The Balaban J connectivity index is 1.62. The second-order valence-corrected chi connectivity index (χ2v) is 6.97. The summed E-state index contributed by atoms with van der Waals surface area (Å²) in [6, 6.07) is 8.01. The number of nitrogens with one attached hydrogen (secondary N) is 1. The topological polar surface area (TPSA) is 34.0 Å². The fourth-order valence-corrected chi connectivity index (χ4v) is 3.53. The Kier molecular flexibility index (Phi) is 4.69. The Bertz CT molecular complexity index is 748. The lowest BCUT2D eigenvalue weighted by Crippen LogP contribution is -2.26. The quantitative estimate of drug-likeness (QED) is 0.831. The number of amides is 1. The van der Waals surface area contributed by atoms with E-state index in [4.69, 9.17) is 23.2 Å². The van der Waals surface area contributed by atoms with Crippen LogP contribution in [0.4, 0.5) is 0 Å². The summed E-state index contributed by atoms with van der Waals surface area (Å²) in [5.41, 5.74) is 3.99. The van der Waals surface area contributed by atoms with Crippen molar-refractivity contribution in [3.8, 4) is 0 Å². The van der Waals surface area contributed by atoms with Gasteiger partial charge in [0, 0.05) is 34.0 Å². The van der Waals surface area contributed by atoms with Gasteiger partial charge in [-0.3, -0.25) is 4.79 Å². The third kappa shape index (κ3) is 3.56. The van der Waals surface area contributed by atoms with Crippen molar-refractivity contribution in [1.82, 2.24) is 9.88 Å². The summed E-state index contributed by atoms with van der Waals surface area (Å²) in [5, 5.41) is 4.24. The van der Waals surface area contributed by atoms with E-state index in [0.29, 0.717) is 29.1 Å². The highest BCUT2D eigenvalue weighted by Gasteiger charge is 2.28. The van der Waals surface area contributed by atoms with Gasteiger partial charge in [0.05, 0.1) is 5.56 Å². The highest BCUT2D eigenvalue weighted by atomic mass is 35.5. The van der Waals surface area contributed by atoms with Crippen LogP contribution in [0.3, 0.4) is 0 Å². The molecule has 0 spiro atoms. The van der Waals surface area contributed by atoms with Crippen molar-refractivity contribution in [1.29, 1.82) is 0 Å². The van der Waals surface area contributed by atoms with Crippen LogP contribution in [0.15, 0.2) is 24.3 Å². The molecule has 1 heterocycles. The molecule has 1 fully saturated rings. The van der Waals surface area contributed by atoms with Crippen LogP contribution in [0, 0.1) is 13.8 Å². The van der Waals surface area contributed by atoms with E-state index in [0.717, 1.165) is 22.5 Å². The number of aromatic nitrogens is 1. The molecule has 3 rings (SSSR count). The van der Waals surface area contributed by atoms with Crippen LogP contribution in [0.2, 0.25) is 10.0 Å². The monoisotopic (exact) mass is 350 g/mol. The lowest BCUT2D eigenvalue weighted by molar-refractivity contribution is 0.0953. The van der Waals surface area contributed by atoms with Crippen LogP contribution in [0.25, 0.3) is 0 Å². The molecule has 1 amide bonds. The largest absolute Gasteiger partial charge is 0.352 e. The Labute approximate surface area is 146 Å². The van der Waals surface area contributed by atoms with Crippen LogP contribution in [-0.4, -0.2) is 17.0 Å². The summed E-state index contributed by atoms with van der Waals surface area (Å²) < 4.78 is 2.28. The molecule has 5 heteroatoms. The summed E-state index contributed by atoms with van der Waals surface area (Å²) in [6.07, 6.45) is 3.11. The van der Waals surface area contributed by atoms with Gasteiger partial charge in [0.25, 0.3) is 5.91 Å². The van der Waals surface area contributed by atoms with Gasteiger partial charge in [0.1, 0.15) is 0 Å². The molecule has 1 aliphatic carbocycles. The second-order valence-electron chi connectivity index (χ2n) is 6.13. The summed E-state index contributed by atoms with van der Waals surface area (Å²) in [6.45, 7) is 4.64. The molecule has 0 atom stereocenters. The summed E-state index contributed by atoms with van der Waals surface area (Å²) >= 11 is 12.0. The molecule has 1 N–H and O–H groups in total. The van der Waals surface area contributed by atoms with Crippen molar-refractivity contribution >= 4 is 29.1 Å². The van der Waals surface area contributed by atoms with E-state index < -0.39 is 0 Å². The van der Waals surface area contributed by atoms with Crippen molar-refractivity contribution in [3.05, 3.63) is 56.8 Å². The van der Waals surface area contributed by atoms with Crippen LogP contribution >= 0.6 is 23.2 Å². The molecule has 0 radical (unpaired) electrons. The number of halogens is 2. The average Bonchev–Trinajstić information content (AvgIpc) is 3.27. The zero-order valence-corrected chi connectivity index (χ0v) is 14.8. The molecular weight excluding hydrogens is 331 g/mol. The first kappa shape index (κ1) is 16.4. The molecule has 3 nitrogen and oxygen atoms in total. The molecule has 0 bridgehead atoms. The summed E-state index contributed by atoms with van der Waals surface area (Å²) in [7, 11) is 0. The predicted octanol–water partition coefficient (Wildman–Crippen LogP) is 4.72. The highest BCUT2D eigenvalue weighted by Crippen LogP contribution is 2.38. The lowest BCUT2D eigenvalue weighted by Gasteiger charge is -2.09. The average molecular weight is 351 g/mol. The normalized spacial score (nSPS) is 14.1. The Hall–Kier alpha value is -1.45. The van der Waals surface area contributed by atoms with Gasteiger partial charge in [-0.2, -0.15) is 0 Å². The van der Waals surface area contributed by atoms with E-state index in [1.165, 1.54) is 12.8 Å². The minimum atomic E-state index is -0.0184. The van der Waals surface area contributed by atoms with Crippen LogP contribution in [0.1, 0.15) is 46.2 Å². The number of hydrogen-bond donors (Lipinski definition) is 1. The molecule has 0 saturated heterocycles. The van der Waals surface area contributed by atoms with Crippen molar-refractivity contribution in [3.63, 3.8) is 0 Å². The number of aryl methyl sites for hydroxylation is 1. The maximum absolute atomic E-state index is 12.4. The minimum Gasteiger partial charge on any atom is -0.352 e. The van der Waals surface area contributed by atoms with Crippen LogP contribution < -0.4 is 5.32 Å². The fraction of sp³-hybridized carbons (Fsp3) is 0.389. The fourth-order valence-electron chi connectivity index (χ4n) is 3.03. The highest BCUT2D eigenvalue weighted by molar-refractivity contribution is 6.35. The standard InChI is InChI=1S/C18H20Cl2N2O/c1-11-9-16(12(2)22(11)15-5-6-15)18(23)21-8-7-13-3-4-14(19)10-17(13)20/h3-4,9-10,15H,5-8H2,1-2H3,(H,21,23). The van der Waals surface area contributed by atoms with Gasteiger partial charge in [-0.1, -0.05) is 29.3 Å². The molecule has 1 aromatic heterocycles. The van der Waals surface area contributed by atoms with E-state index in [9.17, 15) is 4.79 Å². The van der Waals surface area contributed by atoms with Crippen LogP contribution in [0.5, 0.6) is 0 Å². The third-order valence-electron chi connectivity index (χ3n) is 4.34. The number of nitrogens with zero attached hydrogens (tertiary/aromatic N) is 1. The van der Waals surface area contributed by atoms with Crippen molar-refractivity contribution in [2.75, 3.05) is 6.54 Å². The van der Waals surface area contributed by atoms with Gasteiger partial charge in [-0.25, -0.2) is 0 Å². The predicted molar refractivity (Wildman–Crippen MR) is 94.7 cm³/mol. The first-order chi connectivity index (χ1) is 11.0. The number of hydrogen-bond acceptors (Lipinski definition) is 1. The molecule has 0 unspecified atom stereocenters. The van der Waals surface area contributed by atoms with Crippen LogP contribution in [-0.2, 0) is 6.42 Å². The van der Waals surface area contributed by atoms with E-state index in [-0.39, 0.29) is 5.91 Å². The van der Waals surface area contributed by atoms with E-state index >= 15 is 0 Å². The Morgan fingerprint density at radius 2 is 2.00 bits per heavy atom. The molecule has 1 aliphatic rings. The maximum atomic E-state index is 12.4. The number of benzene rings is 1. The molecule has 1 saturated carbocycles. The molecule has 0 aliphatic heterocycles. The van der Waals surface area contributed by atoms with Gasteiger partial charge in [-0.05, 0) is 56.9 Å². The molecule has 122 valence electrons. The number of rotatable bonds is 5.